The van der Waals surface area contributed by atoms with Crippen molar-refractivity contribution >= 4 is 5.91 Å². The van der Waals surface area contributed by atoms with Crippen molar-refractivity contribution < 1.29 is 9.90 Å². The standard InChI is InChI=1S/C17H28N2O2/c1-5-19(6-2)12-8-9-13(3)18-17(21)15-10-7-11-16(20)14(15)4/h7,10-11,13,20H,5-6,8-9,12H2,1-4H3,(H,18,21). The third-order valence-electron chi connectivity index (χ3n) is 3.93. The van der Waals surface area contributed by atoms with Gasteiger partial charge in [0.1, 0.15) is 5.75 Å². The highest BCUT2D eigenvalue weighted by Crippen LogP contribution is 2.19. The zero-order chi connectivity index (χ0) is 15.8. The van der Waals surface area contributed by atoms with E-state index in [1.54, 1.807) is 25.1 Å². The van der Waals surface area contributed by atoms with Crippen molar-refractivity contribution in [3.8, 4) is 5.75 Å². The molecule has 0 saturated carbocycles. The molecule has 0 bridgehead atoms. The number of carbonyl (C=O) groups excluding carboxylic acids is 1. The molecule has 0 radical (unpaired) electrons. The molecular formula is C17H28N2O2. The number of hydrogen-bond acceptors (Lipinski definition) is 3. The van der Waals surface area contributed by atoms with E-state index in [1.807, 2.05) is 6.92 Å². The summed E-state index contributed by atoms with van der Waals surface area (Å²) in [7, 11) is 0. The van der Waals surface area contributed by atoms with Gasteiger partial charge in [-0.15, -0.1) is 0 Å². The van der Waals surface area contributed by atoms with E-state index in [9.17, 15) is 9.90 Å². The molecule has 0 aliphatic rings. The minimum absolute atomic E-state index is 0.112. The van der Waals surface area contributed by atoms with Gasteiger partial charge >= 0.3 is 0 Å². The van der Waals surface area contributed by atoms with E-state index in [0.717, 1.165) is 32.5 Å². The minimum Gasteiger partial charge on any atom is -0.508 e. The molecule has 0 saturated heterocycles. The van der Waals surface area contributed by atoms with Crippen LogP contribution < -0.4 is 5.32 Å². The second-order valence-corrected chi connectivity index (χ2v) is 5.49. The Bertz CT molecular complexity index is 456. The summed E-state index contributed by atoms with van der Waals surface area (Å²) in [5.41, 5.74) is 1.18. The second-order valence-electron chi connectivity index (χ2n) is 5.49. The number of hydrogen-bond donors (Lipinski definition) is 2. The molecule has 1 rings (SSSR count). The number of nitrogens with zero attached hydrogens (tertiary/aromatic N) is 1. The van der Waals surface area contributed by atoms with Crippen LogP contribution in [0.1, 0.15) is 49.5 Å². The van der Waals surface area contributed by atoms with Gasteiger partial charge in [0.05, 0.1) is 0 Å². The molecule has 0 fully saturated rings. The van der Waals surface area contributed by atoms with Crippen LogP contribution in [0.15, 0.2) is 18.2 Å². The molecule has 118 valence electrons. The van der Waals surface area contributed by atoms with Crippen LogP contribution in [-0.2, 0) is 0 Å². The average Bonchev–Trinajstić information content (AvgIpc) is 2.46. The first kappa shape index (κ1) is 17.5. The van der Waals surface area contributed by atoms with Crippen molar-refractivity contribution in [2.75, 3.05) is 19.6 Å². The van der Waals surface area contributed by atoms with Gasteiger partial charge in [0.25, 0.3) is 5.91 Å². The largest absolute Gasteiger partial charge is 0.508 e. The normalized spacial score (nSPS) is 12.4. The molecule has 2 N–H and O–H groups in total. The lowest BCUT2D eigenvalue weighted by molar-refractivity contribution is 0.0936. The predicted molar refractivity (Wildman–Crippen MR) is 86.8 cm³/mol. The lowest BCUT2D eigenvalue weighted by Crippen LogP contribution is -2.34. The first-order valence-corrected chi connectivity index (χ1v) is 7.81. The van der Waals surface area contributed by atoms with Crippen molar-refractivity contribution in [1.82, 2.24) is 10.2 Å². The van der Waals surface area contributed by atoms with Crippen LogP contribution in [0, 0.1) is 6.92 Å². The smallest absolute Gasteiger partial charge is 0.251 e. The lowest BCUT2D eigenvalue weighted by Gasteiger charge is -2.20. The Balaban J connectivity index is 2.45. The Morgan fingerprint density at radius 2 is 2.00 bits per heavy atom. The minimum atomic E-state index is -0.112. The number of phenols is 1. The number of benzene rings is 1. The Morgan fingerprint density at radius 1 is 1.33 bits per heavy atom. The van der Waals surface area contributed by atoms with Gasteiger partial charge in [-0.05, 0) is 58.5 Å². The van der Waals surface area contributed by atoms with E-state index in [2.05, 4.69) is 24.1 Å². The maximum atomic E-state index is 12.2. The van der Waals surface area contributed by atoms with E-state index >= 15 is 0 Å². The Kier molecular flexibility index (Phi) is 7.23. The van der Waals surface area contributed by atoms with Crippen molar-refractivity contribution in [2.24, 2.45) is 0 Å². The zero-order valence-electron chi connectivity index (χ0n) is 13.6. The number of carbonyl (C=O) groups is 1. The van der Waals surface area contributed by atoms with Crippen LogP contribution in [0.25, 0.3) is 0 Å². The number of phenolic OH excluding ortho intramolecular Hbond substituents is 1. The number of amides is 1. The Hall–Kier alpha value is -1.55. The summed E-state index contributed by atoms with van der Waals surface area (Å²) in [6, 6.07) is 5.17. The number of aromatic hydroxyl groups is 1. The monoisotopic (exact) mass is 292 g/mol. The molecular weight excluding hydrogens is 264 g/mol. The molecule has 4 nitrogen and oxygen atoms in total. The summed E-state index contributed by atoms with van der Waals surface area (Å²) in [5.74, 6) is 0.0515. The highest BCUT2D eigenvalue weighted by molar-refractivity contribution is 5.96. The van der Waals surface area contributed by atoms with Crippen LogP contribution in [0.4, 0.5) is 0 Å². The van der Waals surface area contributed by atoms with Gasteiger partial charge < -0.3 is 15.3 Å². The fourth-order valence-corrected chi connectivity index (χ4v) is 2.40. The molecule has 0 aliphatic heterocycles. The van der Waals surface area contributed by atoms with E-state index in [0.29, 0.717) is 11.1 Å². The zero-order valence-corrected chi connectivity index (χ0v) is 13.6. The third kappa shape index (κ3) is 5.38. The van der Waals surface area contributed by atoms with Crippen LogP contribution in [0.3, 0.4) is 0 Å². The highest BCUT2D eigenvalue weighted by atomic mass is 16.3. The summed E-state index contributed by atoms with van der Waals surface area (Å²) in [5, 5.41) is 12.7. The summed E-state index contributed by atoms with van der Waals surface area (Å²) in [4.78, 5) is 14.6. The van der Waals surface area contributed by atoms with Crippen molar-refractivity contribution in [1.29, 1.82) is 0 Å². The quantitative estimate of drug-likeness (QED) is 0.774. The molecule has 1 aromatic rings. The summed E-state index contributed by atoms with van der Waals surface area (Å²) < 4.78 is 0. The van der Waals surface area contributed by atoms with Crippen molar-refractivity contribution in [3.05, 3.63) is 29.3 Å². The molecule has 1 amide bonds. The number of rotatable bonds is 8. The van der Waals surface area contributed by atoms with Crippen molar-refractivity contribution in [2.45, 2.75) is 46.6 Å². The predicted octanol–water partition coefficient (Wildman–Crippen LogP) is 2.94. The average molecular weight is 292 g/mol. The molecule has 1 aromatic carbocycles. The van der Waals surface area contributed by atoms with E-state index < -0.39 is 0 Å². The summed E-state index contributed by atoms with van der Waals surface area (Å²) >= 11 is 0. The molecule has 4 heteroatoms. The van der Waals surface area contributed by atoms with Gasteiger partial charge in [-0.1, -0.05) is 19.9 Å². The van der Waals surface area contributed by atoms with E-state index in [4.69, 9.17) is 0 Å². The first-order chi connectivity index (χ1) is 9.99. The fourth-order valence-electron chi connectivity index (χ4n) is 2.40. The summed E-state index contributed by atoms with van der Waals surface area (Å²) in [6.45, 7) is 11.3. The molecule has 21 heavy (non-hydrogen) atoms. The second kappa shape index (κ2) is 8.67. The molecule has 0 spiro atoms. The molecule has 1 unspecified atom stereocenters. The molecule has 0 heterocycles. The van der Waals surface area contributed by atoms with Gasteiger partial charge in [0.15, 0.2) is 0 Å². The van der Waals surface area contributed by atoms with Gasteiger partial charge in [0.2, 0.25) is 0 Å². The maximum Gasteiger partial charge on any atom is 0.251 e. The van der Waals surface area contributed by atoms with Gasteiger partial charge in [0, 0.05) is 17.2 Å². The molecule has 1 atom stereocenters. The third-order valence-corrected chi connectivity index (χ3v) is 3.93. The molecule has 0 aromatic heterocycles. The Labute approximate surface area is 128 Å². The first-order valence-electron chi connectivity index (χ1n) is 7.81. The van der Waals surface area contributed by atoms with E-state index in [1.165, 1.54) is 0 Å². The SMILES string of the molecule is CCN(CC)CCCC(C)NC(=O)c1cccc(O)c1C. The van der Waals surface area contributed by atoms with Crippen molar-refractivity contribution in [3.63, 3.8) is 0 Å². The van der Waals surface area contributed by atoms with E-state index in [-0.39, 0.29) is 17.7 Å². The number of nitrogens with one attached hydrogen (secondary N) is 1. The summed E-state index contributed by atoms with van der Waals surface area (Å²) in [6.07, 6.45) is 2.03. The molecule has 0 aliphatic carbocycles. The van der Waals surface area contributed by atoms with Crippen LogP contribution in [0.2, 0.25) is 0 Å². The van der Waals surface area contributed by atoms with Crippen LogP contribution in [0.5, 0.6) is 5.75 Å². The van der Waals surface area contributed by atoms with Gasteiger partial charge in [-0.2, -0.15) is 0 Å². The fraction of sp³-hybridized carbons (Fsp3) is 0.588. The van der Waals surface area contributed by atoms with Gasteiger partial charge in [-0.25, -0.2) is 0 Å². The van der Waals surface area contributed by atoms with Crippen LogP contribution >= 0.6 is 0 Å². The maximum absolute atomic E-state index is 12.2. The topological polar surface area (TPSA) is 52.6 Å². The highest BCUT2D eigenvalue weighted by Gasteiger charge is 2.13. The lowest BCUT2D eigenvalue weighted by atomic mass is 10.1. The Morgan fingerprint density at radius 3 is 2.62 bits per heavy atom. The van der Waals surface area contributed by atoms with Gasteiger partial charge in [-0.3, -0.25) is 4.79 Å². The van der Waals surface area contributed by atoms with Crippen LogP contribution in [-0.4, -0.2) is 41.6 Å².